The largest absolute Gasteiger partial charge is 0.324 e. The van der Waals surface area contributed by atoms with Crippen molar-refractivity contribution in [3.05, 3.63) is 58.0 Å². The number of carbonyl (C=O) groups is 1. The summed E-state index contributed by atoms with van der Waals surface area (Å²) in [6, 6.07) is 9.77. The zero-order valence-corrected chi connectivity index (χ0v) is 10.4. The van der Waals surface area contributed by atoms with Gasteiger partial charge in [0.15, 0.2) is 0 Å². The van der Waals surface area contributed by atoms with Crippen molar-refractivity contribution in [2.24, 2.45) is 5.73 Å². The zero-order chi connectivity index (χ0) is 13.8. The van der Waals surface area contributed by atoms with Crippen molar-refractivity contribution in [3.63, 3.8) is 0 Å². The molecule has 1 unspecified atom stereocenters. The molecule has 0 fully saturated rings. The Kier molecular flexibility index (Phi) is 3.72. The van der Waals surface area contributed by atoms with Gasteiger partial charge < -0.3 is 11.1 Å². The van der Waals surface area contributed by atoms with Gasteiger partial charge in [-0.3, -0.25) is 9.59 Å². The third-order valence-electron chi connectivity index (χ3n) is 2.58. The summed E-state index contributed by atoms with van der Waals surface area (Å²) in [5.41, 5.74) is 7.12. The SMILES string of the molecule is CC(N)c1cccc(NC(=O)c2ccc(=O)[nH]n2)c1. The fourth-order valence-electron chi connectivity index (χ4n) is 1.57. The summed E-state index contributed by atoms with van der Waals surface area (Å²) in [6.07, 6.45) is 0. The van der Waals surface area contributed by atoms with Gasteiger partial charge in [-0.1, -0.05) is 12.1 Å². The highest BCUT2D eigenvalue weighted by Gasteiger charge is 2.08. The molecule has 0 aliphatic carbocycles. The molecule has 98 valence electrons. The Morgan fingerprint density at radius 3 is 2.79 bits per heavy atom. The van der Waals surface area contributed by atoms with E-state index < -0.39 is 5.91 Å². The van der Waals surface area contributed by atoms with Crippen molar-refractivity contribution >= 4 is 11.6 Å². The lowest BCUT2D eigenvalue weighted by Crippen LogP contribution is -2.17. The first-order valence-corrected chi connectivity index (χ1v) is 5.79. The molecule has 0 spiro atoms. The Morgan fingerprint density at radius 1 is 1.37 bits per heavy atom. The molecule has 1 amide bonds. The second kappa shape index (κ2) is 5.45. The van der Waals surface area contributed by atoms with Crippen molar-refractivity contribution in [2.75, 3.05) is 5.32 Å². The van der Waals surface area contributed by atoms with Crippen LogP contribution in [0.5, 0.6) is 0 Å². The van der Waals surface area contributed by atoms with Crippen LogP contribution in [0.15, 0.2) is 41.2 Å². The van der Waals surface area contributed by atoms with Crippen molar-refractivity contribution in [2.45, 2.75) is 13.0 Å². The van der Waals surface area contributed by atoms with Crippen molar-refractivity contribution < 1.29 is 4.79 Å². The lowest BCUT2D eigenvalue weighted by atomic mass is 10.1. The number of hydrogen-bond acceptors (Lipinski definition) is 4. The molecule has 1 aromatic heterocycles. The normalized spacial score (nSPS) is 11.9. The second-order valence-electron chi connectivity index (χ2n) is 4.17. The summed E-state index contributed by atoms with van der Waals surface area (Å²) in [4.78, 5) is 22.7. The van der Waals surface area contributed by atoms with E-state index in [1.807, 2.05) is 19.1 Å². The van der Waals surface area contributed by atoms with E-state index in [2.05, 4.69) is 15.5 Å². The Hall–Kier alpha value is -2.47. The third-order valence-corrected chi connectivity index (χ3v) is 2.58. The van der Waals surface area contributed by atoms with Crippen molar-refractivity contribution in [3.8, 4) is 0 Å². The van der Waals surface area contributed by atoms with Crippen LogP contribution >= 0.6 is 0 Å². The average molecular weight is 258 g/mol. The number of aromatic amines is 1. The highest BCUT2D eigenvalue weighted by molar-refractivity contribution is 6.02. The molecule has 0 bridgehead atoms. The second-order valence-corrected chi connectivity index (χ2v) is 4.17. The van der Waals surface area contributed by atoms with Crippen LogP contribution in [-0.2, 0) is 0 Å². The number of aromatic nitrogens is 2. The van der Waals surface area contributed by atoms with Gasteiger partial charge >= 0.3 is 0 Å². The van der Waals surface area contributed by atoms with Gasteiger partial charge in [0.2, 0.25) is 0 Å². The van der Waals surface area contributed by atoms with Crippen LogP contribution in [-0.4, -0.2) is 16.1 Å². The molecule has 4 N–H and O–H groups in total. The number of amides is 1. The maximum absolute atomic E-state index is 11.9. The lowest BCUT2D eigenvalue weighted by molar-refractivity contribution is 0.102. The maximum atomic E-state index is 11.9. The number of rotatable bonds is 3. The smallest absolute Gasteiger partial charge is 0.276 e. The molecule has 0 saturated carbocycles. The number of H-pyrrole nitrogens is 1. The zero-order valence-electron chi connectivity index (χ0n) is 10.4. The molecule has 2 rings (SSSR count). The van der Waals surface area contributed by atoms with E-state index in [1.165, 1.54) is 12.1 Å². The fourth-order valence-corrected chi connectivity index (χ4v) is 1.57. The van der Waals surface area contributed by atoms with Gasteiger partial charge in [-0.2, -0.15) is 5.10 Å². The Morgan fingerprint density at radius 2 is 2.16 bits per heavy atom. The van der Waals surface area contributed by atoms with Crippen LogP contribution in [0.4, 0.5) is 5.69 Å². The molecule has 2 aromatic rings. The van der Waals surface area contributed by atoms with Gasteiger partial charge in [0, 0.05) is 17.8 Å². The highest BCUT2D eigenvalue weighted by atomic mass is 16.2. The van der Waals surface area contributed by atoms with Gasteiger partial charge in [0.25, 0.3) is 11.5 Å². The van der Waals surface area contributed by atoms with E-state index in [1.54, 1.807) is 12.1 Å². The molecule has 6 nitrogen and oxygen atoms in total. The minimum absolute atomic E-state index is 0.108. The van der Waals surface area contributed by atoms with E-state index in [-0.39, 0.29) is 17.3 Å². The number of carbonyl (C=O) groups excluding carboxylic acids is 1. The Labute approximate surface area is 109 Å². The lowest BCUT2D eigenvalue weighted by Gasteiger charge is -2.09. The van der Waals surface area contributed by atoms with Crippen LogP contribution in [0.25, 0.3) is 0 Å². The van der Waals surface area contributed by atoms with E-state index in [0.717, 1.165) is 5.56 Å². The van der Waals surface area contributed by atoms with Gasteiger partial charge in [-0.15, -0.1) is 0 Å². The quantitative estimate of drug-likeness (QED) is 0.765. The molecule has 0 saturated heterocycles. The summed E-state index contributed by atoms with van der Waals surface area (Å²) < 4.78 is 0. The number of hydrogen-bond donors (Lipinski definition) is 3. The number of nitrogens with zero attached hydrogens (tertiary/aromatic N) is 1. The van der Waals surface area contributed by atoms with Crippen LogP contribution < -0.4 is 16.6 Å². The Bertz CT molecular complexity index is 629. The summed E-state index contributed by atoms with van der Waals surface area (Å²) in [5, 5.41) is 8.56. The minimum atomic E-state index is -0.391. The summed E-state index contributed by atoms with van der Waals surface area (Å²) in [6.45, 7) is 1.87. The van der Waals surface area contributed by atoms with Crippen LogP contribution in [0.2, 0.25) is 0 Å². The molecule has 6 heteroatoms. The summed E-state index contributed by atoms with van der Waals surface area (Å²) in [5.74, 6) is -0.391. The number of anilines is 1. The number of benzene rings is 1. The van der Waals surface area contributed by atoms with Gasteiger partial charge in [-0.25, -0.2) is 5.10 Å². The monoisotopic (exact) mass is 258 g/mol. The number of nitrogens with two attached hydrogens (primary N) is 1. The van der Waals surface area contributed by atoms with Gasteiger partial charge in [0.1, 0.15) is 5.69 Å². The van der Waals surface area contributed by atoms with Crippen LogP contribution in [0, 0.1) is 0 Å². The number of nitrogens with one attached hydrogen (secondary N) is 2. The maximum Gasteiger partial charge on any atom is 0.276 e. The van der Waals surface area contributed by atoms with Crippen LogP contribution in [0.1, 0.15) is 29.0 Å². The van der Waals surface area contributed by atoms with Crippen molar-refractivity contribution in [1.82, 2.24) is 10.2 Å². The molecule has 1 heterocycles. The first-order chi connectivity index (χ1) is 9.06. The van der Waals surface area contributed by atoms with Crippen molar-refractivity contribution in [1.29, 1.82) is 0 Å². The first kappa shape index (κ1) is 13.0. The van der Waals surface area contributed by atoms with Gasteiger partial charge in [-0.05, 0) is 30.7 Å². The minimum Gasteiger partial charge on any atom is -0.324 e. The molecule has 19 heavy (non-hydrogen) atoms. The van der Waals surface area contributed by atoms with Gasteiger partial charge in [0.05, 0.1) is 0 Å². The summed E-state index contributed by atoms with van der Waals surface area (Å²) in [7, 11) is 0. The van der Waals surface area contributed by atoms with E-state index >= 15 is 0 Å². The molecule has 1 aromatic carbocycles. The predicted octanol–water partition coefficient (Wildman–Crippen LogP) is 1.04. The Balaban J connectivity index is 2.17. The standard InChI is InChI=1S/C13H14N4O2/c1-8(14)9-3-2-4-10(7-9)15-13(19)11-5-6-12(18)17-16-11/h2-8H,14H2,1H3,(H,15,19)(H,17,18). The van der Waals surface area contributed by atoms with Crippen LogP contribution in [0.3, 0.4) is 0 Å². The topological polar surface area (TPSA) is 101 Å². The highest BCUT2D eigenvalue weighted by Crippen LogP contribution is 2.15. The molecular formula is C13H14N4O2. The van der Waals surface area contributed by atoms with E-state index in [0.29, 0.717) is 5.69 Å². The third kappa shape index (κ3) is 3.26. The van der Waals surface area contributed by atoms with E-state index in [9.17, 15) is 9.59 Å². The first-order valence-electron chi connectivity index (χ1n) is 5.79. The van der Waals surface area contributed by atoms with E-state index in [4.69, 9.17) is 5.73 Å². The molecule has 0 aliphatic rings. The molecule has 1 atom stereocenters. The molecule has 0 aliphatic heterocycles. The molecule has 0 radical (unpaired) electrons. The fraction of sp³-hybridized carbons (Fsp3) is 0.154. The summed E-state index contributed by atoms with van der Waals surface area (Å²) >= 11 is 0. The molecular weight excluding hydrogens is 244 g/mol. The average Bonchev–Trinajstić information content (AvgIpc) is 2.39. The predicted molar refractivity (Wildman–Crippen MR) is 71.9 cm³/mol.